The molecule has 1 aromatic carbocycles. The van der Waals surface area contributed by atoms with Gasteiger partial charge in [-0.05, 0) is 29.6 Å². The number of fused-ring (bicyclic) bond motifs is 1. The zero-order valence-corrected chi connectivity index (χ0v) is 16.5. The lowest BCUT2D eigenvalue weighted by atomic mass is 10.1. The van der Waals surface area contributed by atoms with E-state index >= 15 is 0 Å². The summed E-state index contributed by atoms with van der Waals surface area (Å²) in [5, 5.41) is 6.59. The number of aromatic nitrogens is 4. The van der Waals surface area contributed by atoms with Gasteiger partial charge >= 0.3 is 0 Å². The van der Waals surface area contributed by atoms with Crippen LogP contribution in [0.25, 0.3) is 16.3 Å². The quantitative estimate of drug-likeness (QED) is 0.504. The highest BCUT2D eigenvalue weighted by molar-refractivity contribution is 7.13. The minimum Gasteiger partial charge on any atom is -0.336 e. The summed E-state index contributed by atoms with van der Waals surface area (Å²) in [7, 11) is 0. The van der Waals surface area contributed by atoms with Crippen LogP contribution in [-0.4, -0.2) is 56.6 Å². The molecular weight excluding hydrogens is 410 g/mol. The number of anilines is 1. The highest BCUT2D eigenvalue weighted by Crippen LogP contribution is 2.25. The number of piperazine rings is 1. The number of halogens is 2. The number of thiophene rings is 1. The van der Waals surface area contributed by atoms with Gasteiger partial charge in [-0.15, -0.1) is 16.4 Å². The summed E-state index contributed by atoms with van der Waals surface area (Å²) in [5.74, 6) is -1.35. The number of nitrogens with zero attached hydrogens (tertiary/aromatic N) is 6. The molecule has 4 heterocycles. The molecule has 1 aliphatic heterocycles. The second-order valence-corrected chi connectivity index (χ2v) is 7.75. The van der Waals surface area contributed by atoms with Gasteiger partial charge in [-0.25, -0.2) is 13.8 Å². The number of carbonyl (C=O) groups excluding carboxylic acids is 1. The SMILES string of the molecule is O=C(c1c(F)cccc1F)N1CCN(c2nc3nccc(-c4cccs4)n3n2)CC1. The van der Waals surface area contributed by atoms with Gasteiger partial charge in [0, 0.05) is 32.4 Å². The lowest BCUT2D eigenvalue weighted by molar-refractivity contribution is 0.0736. The minimum atomic E-state index is -0.850. The average Bonchev–Trinajstić information content (AvgIpc) is 3.43. The van der Waals surface area contributed by atoms with Crippen molar-refractivity contribution in [3.8, 4) is 10.6 Å². The van der Waals surface area contributed by atoms with E-state index in [9.17, 15) is 13.6 Å². The van der Waals surface area contributed by atoms with Gasteiger partial charge in [-0.2, -0.15) is 9.50 Å². The third-order valence-electron chi connectivity index (χ3n) is 5.03. The highest BCUT2D eigenvalue weighted by Gasteiger charge is 2.28. The van der Waals surface area contributed by atoms with Gasteiger partial charge in [0.2, 0.25) is 5.95 Å². The fraction of sp³-hybridized carbons (Fsp3) is 0.200. The zero-order valence-electron chi connectivity index (χ0n) is 15.7. The molecule has 0 atom stereocenters. The maximum absolute atomic E-state index is 13.9. The van der Waals surface area contributed by atoms with Crippen molar-refractivity contribution in [3.63, 3.8) is 0 Å². The molecule has 4 aromatic rings. The summed E-state index contributed by atoms with van der Waals surface area (Å²) in [6, 6.07) is 9.28. The first-order valence-corrected chi connectivity index (χ1v) is 10.2. The first-order valence-electron chi connectivity index (χ1n) is 9.36. The Hall–Kier alpha value is -3.40. The predicted octanol–water partition coefficient (Wildman–Crippen LogP) is 3.09. The third-order valence-corrected chi connectivity index (χ3v) is 5.92. The fourth-order valence-corrected chi connectivity index (χ4v) is 4.23. The van der Waals surface area contributed by atoms with Crippen molar-refractivity contribution in [2.75, 3.05) is 31.1 Å². The molecule has 30 heavy (non-hydrogen) atoms. The number of amides is 1. The lowest BCUT2D eigenvalue weighted by Gasteiger charge is -2.34. The van der Waals surface area contributed by atoms with Crippen molar-refractivity contribution in [2.45, 2.75) is 0 Å². The summed E-state index contributed by atoms with van der Waals surface area (Å²) in [6.45, 7) is 1.53. The molecule has 0 bridgehead atoms. The van der Waals surface area contributed by atoms with E-state index in [4.69, 9.17) is 0 Å². The smallest absolute Gasteiger partial charge is 0.259 e. The summed E-state index contributed by atoms with van der Waals surface area (Å²) in [5.41, 5.74) is 0.388. The molecule has 0 spiro atoms. The van der Waals surface area contributed by atoms with Gasteiger partial charge in [-0.3, -0.25) is 4.79 Å². The third kappa shape index (κ3) is 3.18. The van der Waals surface area contributed by atoms with Crippen LogP contribution in [-0.2, 0) is 0 Å². The molecular formula is C20H16F2N6OS. The molecule has 152 valence electrons. The van der Waals surface area contributed by atoms with Crippen LogP contribution in [0.4, 0.5) is 14.7 Å². The van der Waals surface area contributed by atoms with Crippen LogP contribution < -0.4 is 4.90 Å². The van der Waals surface area contributed by atoms with Gasteiger partial charge in [-0.1, -0.05) is 12.1 Å². The van der Waals surface area contributed by atoms with Crippen LogP contribution >= 0.6 is 11.3 Å². The molecule has 10 heteroatoms. The second-order valence-electron chi connectivity index (χ2n) is 6.81. The van der Waals surface area contributed by atoms with Gasteiger partial charge in [0.15, 0.2) is 0 Å². The van der Waals surface area contributed by atoms with Crippen LogP contribution in [0.15, 0.2) is 48.0 Å². The Morgan fingerprint density at radius 2 is 1.77 bits per heavy atom. The molecule has 0 radical (unpaired) electrons. The summed E-state index contributed by atoms with van der Waals surface area (Å²) in [4.78, 5) is 25.8. The number of carbonyl (C=O) groups is 1. The van der Waals surface area contributed by atoms with Gasteiger partial charge in [0.25, 0.3) is 11.7 Å². The summed E-state index contributed by atoms with van der Waals surface area (Å²) < 4.78 is 29.6. The van der Waals surface area contributed by atoms with E-state index in [1.165, 1.54) is 11.0 Å². The topological polar surface area (TPSA) is 66.6 Å². The van der Waals surface area contributed by atoms with E-state index in [1.54, 1.807) is 22.0 Å². The highest BCUT2D eigenvalue weighted by atomic mass is 32.1. The zero-order chi connectivity index (χ0) is 20.7. The molecule has 5 rings (SSSR count). The van der Waals surface area contributed by atoms with Crippen LogP contribution in [0.2, 0.25) is 0 Å². The van der Waals surface area contributed by atoms with Gasteiger partial charge in [0.1, 0.15) is 17.2 Å². The van der Waals surface area contributed by atoms with E-state index in [-0.39, 0.29) is 0 Å². The van der Waals surface area contributed by atoms with Crippen LogP contribution in [0, 0.1) is 11.6 Å². The van der Waals surface area contributed by atoms with Gasteiger partial charge in [0.05, 0.1) is 10.6 Å². The summed E-state index contributed by atoms with van der Waals surface area (Å²) in [6.07, 6.45) is 1.70. The van der Waals surface area contributed by atoms with E-state index in [1.807, 2.05) is 28.5 Å². The molecule has 1 saturated heterocycles. The largest absolute Gasteiger partial charge is 0.336 e. The van der Waals surface area contributed by atoms with Crippen LogP contribution in [0.3, 0.4) is 0 Å². The Labute approximate surface area is 174 Å². The Kier molecular flexibility index (Phi) is 4.62. The Morgan fingerprint density at radius 3 is 2.47 bits per heavy atom. The molecule has 1 aliphatic rings. The van der Waals surface area contributed by atoms with Crippen molar-refractivity contribution in [3.05, 3.63) is 65.2 Å². The number of rotatable bonds is 3. The molecule has 0 N–H and O–H groups in total. The lowest BCUT2D eigenvalue weighted by Crippen LogP contribution is -2.49. The fourth-order valence-electron chi connectivity index (χ4n) is 3.50. The Bertz CT molecular complexity index is 1200. The van der Waals surface area contributed by atoms with Crippen LogP contribution in [0.1, 0.15) is 10.4 Å². The maximum atomic E-state index is 13.9. The molecule has 0 unspecified atom stereocenters. The maximum Gasteiger partial charge on any atom is 0.259 e. The molecule has 3 aromatic heterocycles. The average molecular weight is 426 g/mol. The van der Waals surface area contributed by atoms with Crippen molar-refractivity contribution >= 4 is 29.0 Å². The standard InChI is InChI=1S/C20H16F2N6OS/c21-13-3-1-4-14(22)17(13)18(29)26-8-10-27(11-9-26)20-24-19-23-7-6-15(28(19)25-20)16-5-2-12-30-16/h1-7,12H,8-11H2. The first kappa shape index (κ1) is 18.6. The number of hydrogen-bond donors (Lipinski definition) is 0. The Morgan fingerprint density at radius 1 is 1.00 bits per heavy atom. The van der Waals surface area contributed by atoms with Crippen molar-refractivity contribution in [1.29, 1.82) is 0 Å². The normalized spacial score (nSPS) is 14.5. The van der Waals surface area contributed by atoms with E-state index in [0.717, 1.165) is 22.7 Å². The molecule has 1 fully saturated rings. The first-order chi connectivity index (χ1) is 14.6. The van der Waals surface area contributed by atoms with Crippen molar-refractivity contribution < 1.29 is 13.6 Å². The summed E-state index contributed by atoms with van der Waals surface area (Å²) >= 11 is 1.60. The predicted molar refractivity (Wildman–Crippen MR) is 109 cm³/mol. The molecule has 0 aliphatic carbocycles. The van der Waals surface area contributed by atoms with E-state index < -0.39 is 23.1 Å². The van der Waals surface area contributed by atoms with Gasteiger partial charge < -0.3 is 9.80 Å². The van der Waals surface area contributed by atoms with Crippen LogP contribution in [0.5, 0.6) is 0 Å². The number of benzene rings is 1. The van der Waals surface area contributed by atoms with E-state index in [0.29, 0.717) is 37.9 Å². The minimum absolute atomic E-state index is 0.313. The number of hydrogen-bond acceptors (Lipinski definition) is 6. The Balaban J connectivity index is 1.35. The molecule has 7 nitrogen and oxygen atoms in total. The van der Waals surface area contributed by atoms with Crippen molar-refractivity contribution in [1.82, 2.24) is 24.5 Å². The molecule has 1 amide bonds. The van der Waals surface area contributed by atoms with E-state index in [2.05, 4.69) is 15.1 Å². The van der Waals surface area contributed by atoms with Crippen molar-refractivity contribution in [2.24, 2.45) is 0 Å². The second kappa shape index (κ2) is 7.45. The molecule has 0 saturated carbocycles. The monoisotopic (exact) mass is 426 g/mol.